The molecule has 0 aliphatic carbocycles. The van der Waals surface area contributed by atoms with Crippen LogP contribution in [0.25, 0.3) is 0 Å². The number of aryl methyl sites for hydroxylation is 2. The van der Waals surface area contributed by atoms with Crippen LogP contribution in [0.2, 0.25) is 0 Å². The minimum absolute atomic E-state index is 0.461. The van der Waals surface area contributed by atoms with E-state index in [-0.39, 0.29) is 0 Å². The molecule has 0 aliphatic heterocycles. The first-order valence-electron chi connectivity index (χ1n) is 5.01. The van der Waals surface area contributed by atoms with Crippen molar-refractivity contribution in [2.24, 2.45) is 0 Å². The molecule has 0 saturated carbocycles. The Hall–Kier alpha value is -1.51. The first kappa shape index (κ1) is 11.6. The average Bonchev–Trinajstić information content (AvgIpc) is 2.19. The third-order valence-corrected chi connectivity index (χ3v) is 2.40. The molecule has 15 heavy (non-hydrogen) atoms. The molecule has 3 nitrogen and oxygen atoms in total. The molecule has 1 aromatic rings. The summed E-state index contributed by atoms with van der Waals surface area (Å²) in [4.78, 5) is 10.8. The minimum atomic E-state index is -0.921. The van der Waals surface area contributed by atoms with Crippen molar-refractivity contribution >= 4 is 5.97 Å². The van der Waals surface area contributed by atoms with Crippen LogP contribution in [0.4, 0.5) is 0 Å². The molecule has 0 unspecified atom stereocenters. The molecule has 0 spiro atoms. The Kier molecular flexibility index (Phi) is 3.72. The van der Waals surface area contributed by atoms with E-state index in [1.54, 1.807) is 13.0 Å². The number of carboxylic acids is 1. The zero-order chi connectivity index (χ0) is 11.4. The van der Waals surface area contributed by atoms with Crippen molar-refractivity contribution in [1.29, 1.82) is 0 Å². The molecule has 1 aromatic carbocycles. The fraction of sp³-hybridized carbons (Fsp3) is 0.417. The van der Waals surface area contributed by atoms with Crippen LogP contribution in [-0.2, 0) is 4.79 Å². The van der Waals surface area contributed by atoms with Crippen molar-refractivity contribution in [3.8, 4) is 5.75 Å². The lowest BCUT2D eigenvalue weighted by Gasteiger charge is -2.13. The SMILES string of the molecule is CC[C@@H](Oc1ccc(C)c(C)c1)C(=O)O. The summed E-state index contributed by atoms with van der Waals surface area (Å²) in [5, 5.41) is 8.83. The van der Waals surface area contributed by atoms with Gasteiger partial charge in [0.25, 0.3) is 0 Å². The average molecular weight is 208 g/mol. The van der Waals surface area contributed by atoms with E-state index in [4.69, 9.17) is 9.84 Å². The van der Waals surface area contributed by atoms with Crippen LogP contribution in [0, 0.1) is 13.8 Å². The van der Waals surface area contributed by atoms with Crippen molar-refractivity contribution in [1.82, 2.24) is 0 Å². The maximum absolute atomic E-state index is 10.8. The van der Waals surface area contributed by atoms with E-state index >= 15 is 0 Å². The Balaban J connectivity index is 2.80. The molecule has 0 heterocycles. The first-order valence-corrected chi connectivity index (χ1v) is 5.01. The Morgan fingerprint density at radius 2 is 2.07 bits per heavy atom. The standard InChI is InChI=1S/C12H16O3/c1-4-11(12(13)14)15-10-6-5-8(2)9(3)7-10/h5-7,11H,4H2,1-3H3,(H,13,14)/t11-/m1/s1. The number of carbonyl (C=O) groups is 1. The van der Waals surface area contributed by atoms with E-state index in [1.807, 2.05) is 26.0 Å². The predicted octanol–water partition coefficient (Wildman–Crippen LogP) is 2.55. The smallest absolute Gasteiger partial charge is 0.344 e. The number of benzene rings is 1. The van der Waals surface area contributed by atoms with Crippen LogP contribution in [0.3, 0.4) is 0 Å². The summed E-state index contributed by atoms with van der Waals surface area (Å²) in [5.74, 6) is -0.303. The quantitative estimate of drug-likeness (QED) is 0.827. The van der Waals surface area contributed by atoms with Gasteiger partial charge in [0, 0.05) is 0 Å². The zero-order valence-corrected chi connectivity index (χ0v) is 9.28. The summed E-state index contributed by atoms with van der Waals surface area (Å²) in [6.45, 7) is 5.78. The second kappa shape index (κ2) is 4.82. The minimum Gasteiger partial charge on any atom is -0.479 e. The van der Waals surface area contributed by atoms with Gasteiger partial charge in [-0.25, -0.2) is 4.79 Å². The van der Waals surface area contributed by atoms with Crippen molar-refractivity contribution < 1.29 is 14.6 Å². The summed E-state index contributed by atoms with van der Waals surface area (Å²) in [7, 11) is 0. The number of hydrogen-bond donors (Lipinski definition) is 1. The van der Waals surface area contributed by atoms with E-state index in [0.29, 0.717) is 12.2 Å². The van der Waals surface area contributed by atoms with Gasteiger partial charge < -0.3 is 9.84 Å². The topological polar surface area (TPSA) is 46.5 Å². The van der Waals surface area contributed by atoms with Gasteiger partial charge in [0.05, 0.1) is 0 Å². The molecule has 0 radical (unpaired) electrons. The van der Waals surface area contributed by atoms with Gasteiger partial charge >= 0.3 is 5.97 Å². The molecule has 1 N–H and O–H groups in total. The van der Waals surface area contributed by atoms with E-state index in [9.17, 15) is 4.79 Å². The number of aliphatic carboxylic acids is 1. The van der Waals surface area contributed by atoms with Crippen LogP contribution in [0.1, 0.15) is 24.5 Å². The Bertz CT molecular complexity index is 358. The van der Waals surface area contributed by atoms with Gasteiger partial charge in [0.2, 0.25) is 0 Å². The molecule has 0 aliphatic rings. The van der Waals surface area contributed by atoms with Crippen LogP contribution in [0.5, 0.6) is 5.75 Å². The lowest BCUT2D eigenvalue weighted by Crippen LogP contribution is -2.25. The Morgan fingerprint density at radius 1 is 1.40 bits per heavy atom. The normalized spacial score (nSPS) is 12.2. The highest BCUT2D eigenvalue weighted by Gasteiger charge is 2.16. The number of hydrogen-bond acceptors (Lipinski definition) is 2. The van der Waals surface area contributed by atoms with Gasteiger partial charge in [-0.05, 0) is 43.5 Å². The fourth-order valence-corrected chi connectivity index (χ4v) is 1.26. The summed E-state index contributed by atoms with van der Waals surface area (Å²) in [6.07, 6.45) is -0.297. The molecule has 1 atom stereocenters. The molecule has 82 valence electrons. The van der Waals surface area contributed by atoms with E-state index in [1.165, 1.54) is 5.56 Å². The van der Waals surface area contributed by atoms with Crippen molar-refractivity contribution in [2.75, 3.05) is 0 Å². The fourth-order valence-electron chi connectivity index (χ4n) is 1.26. The zero-order valence-electron chi connectivity index (χ0n) is 9.28. The largest absolute Gasteiger partial charge is 0.479 e. The second-order valence-electron chi connectivity index (χ2n) is 3.60. The van der Waals surface area contributed by atoms with Crippen molar-refractivity contribution in [3.63, 3.8) is 0 Å². The van der Waals surface area contributed by atoms with Crippen LogP contribution >= 0.6 is 0 Å². The van der Waals surface area contributed by atoms with Crippen LogP contribution in [0.15, 0.2) is 18.2 Å². The molecular weight excluding hydrogens is 192 g/mol. The Labute approximate surface area is 89.7 Å². The lowest BCUT2D eigenvalue weighted by atomic mass is 10.1. The van der Waals surface area contributed by atoms with Crippen molar-refractivity contribution in [2.45, 2.75) is 33.3 Å². The molecule has 3 heteroatoms. The van der Waals surface area contributed by atoms with E-state index in [2.05, 4.69) is 0 Å². The van der Waals surface area contributed by atoms with Gasteiger partial charge in [-0.3, -0.25) is 0 Å². The molecule has 1 rings (SSSR count). The summed E-state index contributed by atoms with van der Waals surface area (Å²) >= 11 is 0. The van der Waals surface area contributed by atoms with Crippen LogP contribution < -0.4 is 4.74 Å². The van der Waals surface area contributed by atoms with Crippen molar-refractivity contribution in [3.05, 3.63) is 29.3 Å². The first-order chi connectivity index (χ1) is 7.04. The highest BCUT2D eigenvalue weighted by atomic mass is 16.5. The van der Waals surface area contributed by atoms with Crippen LogP contribution in [-0.4, -0.2) is 17.2 Å². The summed E-state index contributed by atoms with van der Waals surface area (Å²) in [5.41, 5.74) is 2.28. The van der Waals surface area contributed by atoms with E-state index < -0.39 is 12.1 Å². The monoisotopic (exact) mass is 208 g/mol. The van der Waals surface area contributed by atoms with Gasteiger partial charge in [-0.15, -0.1) is 0 Å². The summed E-state index contributed by atoms with van der Waals surface area (Å²) < 4.78 is 5.36. The van der Waals surface area contributed by atoms with Gasteiger partial charge in [-0.1, -0.05) is 13.0 Å². The number of ether oxygens (including phenoxy) is 1. The second-order valence-corrected chi connectivity index (χ2v) is 3.60. The molecule has 0 amide bonds. The summed E-state index contributed by atoms with van der Waals surface area (Å²) in [6, 6.07) is 5.59. The predicted molar refractivity (Wildman–Crippen MR) is 58.3 cm³/mol. The third-order valence-electron chi connectivity index (χ3n) is 2.40. The highest BCUT2D eigenvalue weighted by molar-refractivity contribution is 5.72. The van der Waals surface area contributed by atoms with Gasteiger partial charge in [0.1, 0.15) is 5.75 Å². The molecule has 0 bridgehead atoms. The lowest BCUT2D eigenvalue weighted by molar-refractivity contribution is -0.145. The van der Waals surface area contributed by atoms with Gasteiger partial charge in [0.15, 0.2) is 6.10 Å². The molecule has 0 fully saturated rings. The molecular formula is C12H16O3. The number of carboxylic acid groups (broad SMARTS) is 1. The Morgan fingerprint density at radius 3 is 2.53 bits per heavy atom. The maximum atomic E-state index is 10.8. The van der Waals surface area contributed by atoms with E-state index in [0.717, 1.165) is 5.56 Å². The number of rotatable bonds is 4. The molecule has 0 aromatic heterocycles. The molecule has 0 saturated heterocycles. The third kappa shape index (κ3) is 2.98. The van der Waals surface area contributed by atoms with Gasteiger partial charge in [-0.2, -0.15) is 0 Å². The maximum Gasteiger partial charge on any atom is 0.344 e. The highest BCUT2D eigenvalue weighted by Crippen LogP contribution is 2.18.